The van der Waals surface area contributed by atoms with Gasteiger partial charge in [0.15, 0.2) is 5.54 Å². The number of amides is 1. The summed E-state index contributed by atoms with van der Waals surface area (Å²) < 4.78 is 2.20. The molecule has 0 aromatic rings. The molecule has 0 bridgehead atoms. The van der Waals surface area contributed by atoms with Crippen LogP contribution in [0.1, 0.15) is 41.5 Å². The Bertz CT molecular complexity index is 315. The van der Waals surface area contributed by atoms with E-state index in [0.717, 1.165) is 5.71 Å². The lowest BCUT2D eigenvalue weighted by atomic mass is 9.88. The first-order chi connectivity index (χ1) is 6.55. The Labute approximate surface area is 92.8 Å². The largest absolute Gasteiger partial charge is 0.318 e. The minimum Gasteiger partial charge on any atom is -0.281 e. The highest BCUT2D eigenvalue weighted by molar-refractivity contribution is 6.39. The van der Waals surface area contributed by atoms with Crippen molar-refractivity contribution in [3.8, 4) is 0 Å². The van der Waals surface area contributed by atoms with Crippen LogP contribution < -0.4 is 0 Å². The zero-order chi connectivity index (χ0) is 12.0. The summed E-state index contributed by atoms with van der Waals surface area (Å²) in [5.41, 5.74) is 0.843. The van der Waals surface area contributed by atoms with Crippen LogP contribution >= 0.6 is 0 Å². The Balaban J connectivity index is 3.29. The molecular weight excluding hydrogens is 188 g/mol. The van der Waals surface area contributed by atoms with Gasteiger partial charge in [-0.3, -0.25) is 9.69 Å². The van der Waals surface area contributed by atoms with Gasteiger partial charge in [0.25, 0.3) is 0 Å². The summed E-state index contributed by atoms with van der Waals surface area (Å²) in [4.78, 5) is 13.8. The molecule has 3 nitrogen and oxygen atoms in total. The highest BCUT2D eigenvalue weighted by atomic mass is 16.2. The van der Waals surface area contributed by atoms with Crippen molar-refractivity contribution < 1.29 is 9.37 Å². The topological polar surface area (TPSA) is 23.3 Å². The molecule has 1 aliphatic rings. The fraction of sp³-hybridized carbons (Fsp3) is 0.833. The molecule has 1 aliphatic heterocycles. The Kier molecular flexibility index (Phi) is 2.71. The third kappa shape index (κ3) is 2.21. The average Bonchev–Trinajstić information content (AvgIpc) is 2.25. The molecule has 0 aliphatic carbocycles. The summed E-state index contributed by atoms with van der Waals surface area (Å²) in [5.74, 6) is 0.164. The summed E-state index contributed by atoms with van der Waals surface area (Å²) in [7, 11) is 1.86. The van der Waals surface area contributed by atoms with Crippen LogP contribution in [0.5, 0.6) is 0 Å². The van der Waals surface area contributed by atoms with Crippen molar-refractivity contribution >= 4 is 11.6 Å². The van der Waals surface area contributed by atoms with Gasteiger partial charge >= 0.3 is 5.91 Å². The molecule has 3 heteroatoms. The number of carbonyl (C=O) groups excluding carboxylic acids is 1. The first kappa shape index (κ1) is 12.2. The van der Waals surface area contributed by atoms with Crippen molar-refractivity contribution in [2.45, 2.75) is 47.1 Å². The summed E-state index contributed by atoms with van der Waals surface area (Å²) in [6.45, 7) is 13.4. The minimum atomic E-state index is -0.0882. The molecule has 0 aromatic heterocycles. The van der Waals surface area contributed by atoms with Gasteiger partial charge in [-0.25, -0.2) is 4.58 Å². The van der Waals surface area contributed by atoms with Crippen molar-refractivity contribution in [3.05, 3.63) is 0 Å². The summed E-state index contributed by atoms with van der Waals surface area (Å²) in [5, 5.41) is 0. The highest BCUT2D eigenvalue weighted by Crippen LogP contribution is 2.24. The van der Waals surface area contributed by atoms with E-state index in [9.17, 15) is 4.79 Å². The van der Waals surface area contributed by atoms with Crippen molar-refractivity contribution in [2.24, 2.45) is 5.41 Å². The van der Waals surface area contributed by atoms with Gasteiger partial charge in [-0.15, -0.1) is 0 Å². The van der Waals surface area contributed by atoms with E-state index in [1.807, 2.05) is 7.05 Å². The molecule has 0 aromatic carbocycles. The maximum absolute atomic E-state index is 12.1. The zero-order valence-corrected chi connectivity index (χ0v) is 11.0. The normalized spacial score (nSPS) is 19.1. The van der Waals surface area contributed by atoms with Crippen LogP contribution in [-0.2, 0) is 4.79 Å². The van der Waals surface area contributed by atoms with E-state index in [0.29, 0.717) is 6.67 Å². The smallest absolute Gasteiger partial charge is 0.281 e. The molecule has 1 amide bonds. The second-order valence-electron chi connectivity index (χ2n) is 6.34. The van der Waals surface area contributed by atoms with E-state index in [2.05, 4.69) is 46.1 Å². The zero-order valence-electron chi connectivity index (χ0n) is 11.0. The van der Waals surface area contributed by atoms with Gasteiger partial charge in [0, 0.05) is 7.05 Å². The van der Waals surface area contributed by atoms with Gasteiger partial charge in [-0.2, -0.15) is 0 Å². The number of hydrogen-bond donors (Lipinski definition) is 0. The fourth-order valence-corrected chi connectivity index (χ4v) is 1.92. The van der Waals surface area contributed by atoms with Crippen LogP contribution in [0, 0.1) is 5.41 Å². The van der Waals surface area contributed by atoms with E-state index in [1.54, 1.807) is 4.90 Å². The van der Waals surface area contributed by atoms with E-state index in [4.69, 9.17) is 0 Å². The van der Waals surface area contributed by atoms with Crippen LogP contribution in [0.25, 0.3) is 0 Å². The molecule has 0 radical (unpaired) electrons. The van der Waals surface area contributed by atoms with E-state index >= 15 is 0 Å². The van der Waals surface area contributed by atoms with E-state index in [-0.39, 0.29) is 16.9 Å². The van der Waals surface area contributed by atoms with Crippen LogP contribution in [0.2, 0.25) is 0 Å². The standard InChI is InChI=1S/C12H23N2O/c1-11(2,3)9-10(15)13(7)8-14(9)12(4,5)6/h8H2,1-7H3/q+1. The Hall–Kier alpha value is -0.860. The average molecular weight is 211 g/mol. The Morgan fingerprint density at radius 2 is 1.60 bits per heavy atom. The molecule has 0 fully saturated rings. The molecule has 0 saturated carbocycles. The summed E-state index contributed by atoms with van der Waals surface area (Å²) in [6, 6.07) is 0. The van der Waals surface area contributed by atoms with E-state index < -0.39 is 0 Å². The maximum atomic E-state index is 12.1. The second kappa shape index (κ2) is 3.32. The lowest BCUT2D eigenvalue weighted by molar-refractivity contribution is -0.604. The number of nitrogens with zero attached hydrogens (tertiary/aromatic N) is 2. The predicted octanol–water partition coefficient (Wildman–Crippen LogP) is 1.71. The molecule has 0 atom stereocenters. The predicted molar refractivity (Wildman–Crippen MR) is 62.1 cm³/mol. The van der Waals surface area contributed by atoms with Crippen molar-refractivity contribution in [1.29, 1.82) is 0 Å². The van der Waals surface area contributed by atoms with Gasteiger partial charge in [0.1, 0.15) is 0 Å². The van der Waals surface area contributed by atoms with Gasteiger partial charge in [0.05, 0.1) is 5.41 Å². The lowest BCUT2D eigenvalue weighted by Gasteiger charge is -2.20. The third-order valence-electron chi connectivity index (χ3n) is 2.69. The van der Waals surface area contributed by atoms with Gasteiger partial charge in [-0.05, 0) is 20.8 Å². The van der Waals surface area contributed by atoms with Crippen LogP contribution in [-0.4, -0.2) is 40.3 Å². The summed E-state index contributed by atoms with van der Waals surface area (Å²) >= 11 is 0. The van der Waals surface area contributed by atoms with Crippen molar-refractivity contribution in [1.82, 2.24) is 4.90 Å². The lowest BCUT2D eigenvalue weighted by Crippen LogP contribution is -2.40. The molecule has 1 rings (SSSR count). The SMILES string of the molecule is CN1C[N+](C(C)(C)C)=C(C(C)(C)C)C1=O. The minimum absolute atomic E-state index is 0.00301. The molecule has 0 saturated heterocycles. The first-order valence-corrected chi connectivity index (χ1v) is 5.45. The Morgan fingerprint density at radius 3 is 1.87 bits per heavy atom. The third-order valence-corrected chi connectivity index (χ3v) is 2.69. The molecular formula is C12H23N2O+. The maximum Gasteiger partial charge on any atom is 0.318 e. The van der Waals surface area contributed by atoms with E-state index in [1.165, 1.54) is 0 Å². The van der Waals surface area contributed by atoms with Gasteiger partial charge in [-0.1, -0.05) is 20.8 Å². The number of rotatable bonds is 0. The first-order valence-electron chi connectivity index (χ1n) is 5.45. The summed E-state index contributed by atoms with van der Waals surface area (Å²) in [6.07, 6.45) is 0. The van der Waals surface area contributed by atoms with Crippen LogP contribution in [0.15, 0.2) is 0 Å². The number of carbonyl (C=O) groups is 1. The molecule has 0 unspecified atom stereocenters. The van der Waals surface area contributed by atoms with Crippen LogP contribution in [0.4, 0.5) is 0 Å². The van der Waals surface area contributed by atoms with Crippen LogP contribution in [0.3, 0.4) is 0 Å². The number of hydrogen-bond acceptors (Lipinski definition) is 1. The highest BCUT2D eigenvalue weighted by Gasteiger charge is 2.46. The van der Waals surface area contributed by atoms with Gasteiger partial charge in [0.2, 0.25) is 12.4 Å². The van der Waals surface area contributed by atoms with Crippen molar-refractivity contribution in [2.75, 3.05) is 13.7 Å². The quantitative estimate of drug-likeness (QED) is 0.560. The van der Waals surface area contributed by atoms with Crippen molar-refractivity contribution in [3.63, 3.8) is 0 Å². The molecule has 86 valence electrons. The molecule has 0 N–H and O–H groups in total. The van der Waals surface area contributed by atoms with Gasteiger partial charge < -0.3 is 0 Å². The molecule has 15 heavy (non-hydrogen) atoms. The Morgan fingerprint density at radius 1 is 1.13 bits per heavy atom. The monoisotopic (exact) mass is 211 g/mol. The second-order valence-corrected chi connectivity index (χ2v) is 6.34. The molecule has 1 heterocycles. The fourth-order valence-electron chi connectivity index (χ4n) is 1.92. The molecule has 0 spiro atoms.